The molecular weight excluding hydrogens is 341 g/mol. The Kier molecular flexibility index (Phi) is 5.27. The molecule has 0 saturated heterocycles. The number of rotatable bonds is 3. The quantitative estimate of drug-likeness (QED) is 0.431. The molecule has 3 nitrogen and oxygen atoms in total. The molecule has 0 aliphatic heterocycles. The average molecular weight is 355 g/mol. The van der Waals surface area contributed by atoms with E-state index in [0.29, 0.717) is 11.1 Å². The number of aromatic nitrogens is 1. The standard InChI is InChI=1S/C14H13NO2.HI/c1-11-12(6-5-7-13(11)16)14(17)10-15-8-3-2-4-9-15;/h2-9H,10H2,1H3;1H. The van der Waals surface area contributed by atoms with Crippen molar-refractivity contribution in [1.82, 2.24) is 0 Å². The Morgan fingerprint density at radius 1 is 1.17 bits per heavy atom. The van der Waals surface area contributed by atoms with E-state index >= 15 is 0 Å². The van der Waals surface area contributed by atoms with Crippen LogP contribution in [-0.4, -0.2) is 10.9 Å². The maximum Gasteiger partial charge on any atom is 0.227 e. The monoisotopic (exact) mass is 355 g/mol. The first-order valence-corrected chi connectivity index (χ1v) is 5.44. The number of pyridine rings is 1. The Morgan fingerprint density at radius 2 is 1.83 bits per heavy atom. The third-order valence-electron chi connectivity index (χ3n) is 2.71. The van der Waals surface area contributed by atoms with E-state index in [-0.39, 0.29) is 42.1 Å². The minimum Gasteiger partial charge on any atom is -1.00 e. The number of phenols is 1. The summed E-state index contributed by atoms with van der Waals surface area (Å²) in [5, 5.41) is 9.56. The van der Waals surface area contributed by atoms with Crippen molar-refractivity contribution in [3.8, 4) is 5.75 Å². The summed E-state index contributed by atoms with van der Waals surface area (Å²) in [5.41, 5.74) is 1.20. The zero-order valence-corrected chi connectivity index (χ0v) is 12.2. The predicted octanol–water partition coefficient (Wildman–Crippen LogP) is -1.12. The number of carbonyl (C=O) groups excluding carboxylic acids is 1. The molecule has 1 aromatic carbocycles. The van der Waals surface area contributed by atoms with Gasteiger partial charge in [-0.2, -0.15) is 4.57 Å². The lowest BCUT2D eigenvalue weighted by atomic mass is 10.0. The Morgan fingerprint density at radius 3 is 2.50 bits per heavy atom. The summed E-state index contributed by atoms with van der Waals surface area (Å²) in [6, 6.07) is 10.7. The molecule has 1 N–H and O–H groups in total. The second-order valence-electron chi connectivity index (χ2n) is 3.92. The highest BCUT2D eigenvalue weighted by atomic mass is 127. The van der Waals surface area contributed by atoms with Crippen LogP contribution in [0, 0.1) is 6.92 Å². The zero-order valence-electron chi connectivity index (χ0n) is 10.0. The van der Waals surface area contributed by atoms with Crippen LogP contribution in [0.15, 0.2) is 48.8 Å². The summed E-state index contributed by atoms with van der Waals surface area (Å²) in [4.78, 5) is 12.1. The van der Waals surface area contributed by atoms with Gasteiger partial charge >= 0.3 is 0 Å². The Labute approximate surface area is 123 Å². The highest BCUT2D eigenvalue weighted by Crippen LogP contribution is 2.19. The van der Waals surface area contributed by atoms with Gasteiger partial charge in [-0.25, -0.2) is 0 Å². The molecule has 2 rings (SSSR count). The largest absolute Gasteiger partial charge is 1.00 e. The number of Topliss-reactive ketones (excluding diaryl/α,β-unsaturated/α-hetero) is 1. The first-order valence-electron chi connectivity index (χ1n) is 5.44. The van der Waals surface area contributed by atoms with E-state index in [1.807, 2.05) is 35.2 Å². The van der Waals surface area contributed by atoms with E-state index < -0.39 is 0 Å². The van der Waals surface area contributed by atoms with Gasteiger partial charge in [0.25, 0.3) is 0 Å². The van der Waals surface area contributed by atoms with Crippen molar-refractivity contribution in [2.45, 2.75) is 13.5 Å². The molecule has 0 saturated carbocycles. The van der Waals surface area contributed by atoms with E-state index in [9.17, 15) is 9.90 Å². The van der Waals surface area contributed by atoms with Crippen molar-refractivity contribution in [2.75, 3.05) is 0 Å². The van der Waals surface area contributed by atoms with Crippen LogP contribution < -0.4 is 28.5 Å². The topological polar surface area (TPSA) is 41.2 Å². The molecule has 2 aromatic rings. The van der Waals surface area contributed by atoms with Gasteiger partial charge < -0.3 is 29.1 Å². The van der Waals surface area contributed by atoms with Crippen LogP contribution in [0.25, 0.3) is 0 Å². The van der Waals surface area contributed by atoms with Gasteiger partial charge in [-0.3, -0.25) is 4.79 Å². The summed E-state index contributed by atoms with van der Waals surface area (Å²) < 4.78 is 1.81. The van der Waals surface area contributed by atoms with Gasteiger partial charge in [-0.1, -0.05) is 18.2 Å². The van der Waals surface area contributed by atoms with Crippen LogP contribution >= 0.6 is 0 Å². The number of ketones is 1. The lowest BCUT2D eigenvalue weighted by Crippen LogP contribution is -3.00. The van der Waals surface area contributed by atoms with Crippen LogP contribution in [0.4, 0.5) is 0 Å². The molecule has 0 radical (unpaired) electrons. The Hall–Kier alpha value is -1.43. The van der Waals surface area contributed by atoms with Crippen molar-refractivity contribution < 1.29 is 38.4 Å². The first-order chi connectivity index (χ1) is 8.18. The predicted molar refractivity (Wildman–Crippen MR) is 63.8 cm³/mol. The molecule has 1 heterocycles. The third kappa shape index (κ3) is 3.29. The molecule has 0 aliphatic carbocycles. The van der Waals surface area contributed by atoms with E-state index in [4.69, 9.17) is 0 Å². The molecular formula is C14H14INO2. The number of hydrogen-bond donors (Lipinski definition) is 1. The van der Waals surface area contributed by atoms with Gasteiger partial charge in [0.15, 0.2) is 12.4 Å². The van der Waals surface area contributed by atoms with E-state index in [1.54, 1.807) is 25.1 Å². The summed E-state index contributed by atoms with van der Waals surface area (Å²) >= 11 is 0. The minimum atomic E-state index is -0.00500. The summed E-state index contributed by atoms with van der Waals surface area (Å²) in [6.45, 7) is 2.03. The molecule has 0 fully saturated rings. The molecule has 0 unspecified atom stereocenters. The fraction of sp³-hybridized carbons (Fsp3) is 0.143. The van der Waals surface area contributed by atoms with Crippen LogP contribution in [-0.2, 0) is 6.54 Å². The third-order valence-corrected chi connectivity index (χ3v) is 2.71. The number of halogens is 1. The molecule has 18 heavy (non-hydrogen) atoms. The average Bonchev–Trinajstić information content (AvgIpc) is 2.34. The number of hydrogen-bond acceptors (Lipinski definition) is 2. The smallest absolute Gasteiger partial charge is 0.227 e. The molecule has 0 bridgehead atoms. The van der Waals surface area contributed by atoms with E-state index in [1.165, 1.54) is 0 Å². The summed E-state index contributed by atoms with van der Waals surface area (Å²) in [7, 11) is 0. The second-order valence-corrected chi connectivity index (χ2v) is 3.92. The van der Waals surface area contributed by atoms with Crippen molar-refractivity contribution in [3.63, 3.8) is 0 Å². The van der Waals surface area contributed by atoms with Gasteiger partial charge in [-0.05, 0) is 13.0 Å². The number of benzene rings is 1. The fourth-order valence-corrected chi connectivity index (χ4v) is 1.72. The Balaban J connectivity index is 0.00000162. The van der Waals surface area contributed by atoms with Crippen molar-refractivity contribution in [3.05, 3.63) is 59.9 Å². The van der Waals surface area contributed by atoms with Crippen molar-refractivity contribution in [1.29, 1.82) is 0 Å². The van der Waals surface area contributed by atoms with Gasteiger partial charge in [0.1, 0.15) is 5.75 Å². The van der Waals surface area contributed by atoms with Gasteiger partial charge in [0, 0.05) is 23.3 Å². The zero-order chi connectivity index (χ0) is 12.3. The second kappa shape index (κ2) is 6.49. The molecule has 0 aliphatic rings. The molecule has 0 amide bonds. The number of nitrogens with zero attached hydrogens (tertiary/aromatic N) is 1. The highest BCUT2D eigenvalue weighted by molar-refractivity contribution is 5.97. The van der Waals surface area contributed by atoms with Crippen molar-refractivity contribution >= 4 is 5.78 Å². The van der Waals surface area contributed by atoms with Crippen LogP contribution in [0.3, 0.4) is 0 Å². The lowest BCUT2D eigenvalue weighted by molar-refractivity contribution is -0.683. The van der Waals surface area contributed by atoms with E-state index in [2.05, 4.69) is 0 Å². The summed E-state index contributed by atoms with van der Waals surface area (Å²) in [5.74, 6) is 0.156. The maximum atomic E-state index is 12.1. The molecule has 0 atom stereocenters. The molecule has 4 heteroatoms. The number of phenolic OH excluding ortho intramolecular Hbond substituents is 1. The maximum absolute atomic E-state index is 12.1. The fourth-order valence-electron chi connectivity index (χ4n) is 1.72. The molecule has 0 spiro atoms. The lowest BCUT2D eigenvalue weighted by Gasteiger charge is -2.04. The minimum absolute atomic E-state index is 0. The summed E-state index contributed by atoms with van der Waals surface area (Å²) in [6.07, 6.45) is 3.69. The molecule has 1 aromatic heterocycles. The van der Waals surface area contributed by atoms with Gasteiger partial charge in [-0.15, -0.1) is 0 Å². The van der Waals surface area contributed by atoms with E-state index in [0.717, 1.165) is 0 Å². The highest BCUT2D eigenvalue weighted by Gasteiger charge is 2.15. The van der Waals surface area contributed by atoms with Crippen LogP contribution in [0.1, 0.15) is 15.9 Å². The van der Waals surface area contributed by atoms with Gasteiger partial charge in [0.2, 0.25) is 12.3 Å². The Bertz CT molecular complexity index is 541. The van der Waals surface area contributed by atoms with Gasteiger partial charge in [0.05, 0.1) is 0 Å². The SMILES string of the molecule is Cc1c(O)cccc1C(=O)C[n+]1ccccc1.[I-]. The van der Waals surface area contributed by atoms with Crippen LogP contribution in [0.5, 0.6) is 5.75 Å². The normalized spacial score (nSPS) is 9.61. The van der Waals surface area contributed by atoms with Crippen molar-refractivity contribution in [2.24, 2.45) is 0 Å². The number of carbonyl (C=O) groups is 1. The van der Waals surface area contributed by atoms with Crippen LogP contribution in [0.2, 0.25) is 0 Å². The first kappa shape index (κ1) is 14.6. The number of aromatic hydroxyl groups is 1. The molecule has 94 valence electrons.